The van der Waals surface area contributed by atoms with E-state index in [1.165, 1.54) is 12.2 Å². The molecular weight excluding hydrogens is 246 g/mol. The van der Waals surface area contributed by atoms with Gasteiger partial charge in [0.15, 0.2) is 0 Å². The van der Waals surface area contributed by atoms with E-state index >= 15 is 0 Å². The van der Waals surface area contributed by atoms with Crippen molar-refractivity contribution >= 4 is 11.9 Å². The summed E-state index contributed by atoms with van der Waals surface area (Å²) in [5.74, 6) is -3.84. The van der Waals surface area contributed by atoms with Crippen molar-refractivity contribution in [2.75, 3.05) is 0 Å². The van der Waals surface area contributed by atoms with Gasteiger partial charge in [-0.3, -0.25) is 4.79 Å². The Balaban J connectivity index is 3.42. The van der Waals surface area contributed by atoms with Crippen molar-refractivity contribution in [1.29, 1.82) is 0 Å². The smallest absolute Gasteiger partial charge is 0.332 e. The molecule has 102 valence electrons. The SMILES string of the molecule is C=CCC1=CC=C(C(=O)O)C(C(=O)O)C1(N)CC=C. The fourth-order valence-corrected chi connectivity index (χ4v) is 2.35. The monoisotopic (exact) mass is 263 g/mol. The molecule has 0 aromatic heterocycles. The number of allylic oxidation sites excluding steroid dienone is 3. The quantitative estimate of drug-likeness (QED) is 0.630. The zero-order chi connectivity index (χ0) is 14.6. The highest BCUT2D eigenvalue weighted by Gasteiger charge is 2.47. The molecule has 0 fully saturated rings. The lowest BCUT2D eigenvalue weighted by molar-refractivity contribution is -0.145. The van der Waals surface area contributed by atoms with Crippen LogP contribution in [0.4, 0.5) is 0 Å². The number of carboxylic acid groups (broad SMARTS) is 2. The summed E-state index contributed by atoms with van der Waals surface area (Å²) in [7, 11) is 0. The summed E-state index contributed by atoms with van der Waals surface area (Å²) in [5.41, 5.74) is 5.33. The lowest BCUT2D eigenvalue weighted by atomic mass is 9.68. The van der Waals surface area contributed by atoms with Gasteiger partial charge in [-0.1, -0.05) is 24.3 Å². The molecule has 1 aliphatic rings. The summed E-state index contributed by atoms with van der Waals surface area (Å²) in [6.45, 7) is 7.16. The molecule has 1 aliphatic carbocycles. The summed E-state index contributed by atoms with van der Waals surface area (Å²) < 4.78 is 0. The molecule has 0 saturated heterocycles. The Labute approximate surface area is 111 Å². The van der Waals surface area contributed by atoms with Crippen LogP contribution < -0.4 is 5.73 Å². The maximum absolute atomic E-state index is 11.4. The van der Waals surface area contributed by atoms with E-state index in [0.29, 0.717) is 12.0 Å². The van der Waals surface area contributed by atoms with E-state index in [0.717, 1.165) is 0 Å². The van der Waals surface area contributed by atoms with Gasteiger partial charge in [0.2, 0.25) is 0 Å². The number of hydrogen-bond donors (Lipinski definition) is 3. The molecule has 5 nitrogen and oxygen atoms in total. The van der Waals surface area contributed by atoms with Crippen LogP contribution in [-0.2, 0) is 9.59 Å². The minimum Gasteiger partial charge on any atom is -0.481 e. The molecule has 0 spiro atoms. The van der Waals surface area contributed by atoms with Gasteiger partial charge in [-0.05, 0) is 18.4 Å². The molecule has 0 radical (unpaired) electrons. The zero-order valence-electron chi connectivity index (χ0n) is 10.5. The summed E-state index contributed by atoms with van der Waals surface area (Å²) in [6, 6.07) is 0. The van der Waals surface area contributed by atoms with Crippen LogP contribution in [0.15, 0.2) is 48.6 Å². The Hall–Kier alpha value is -2.14. The van der Waals surface area contributed by atoms with Gasteiger partial charge in [0.25, 0.3) is 0 Å². The van der Waals surface area contributed by atoms with Crippen molar-refractivity contribution in [3.63, 3.8) is 0 Å². The van der Waals surface area contributed by atoms with E-state index < -0.39 is 23.4 Å². The van der Waals surface area contributed by atoms with E-state index in [4.69, 9.17) is 10.8 Å². The Morgan fingerprint density at radius 1 is 1.32 bits per heavy atom. The van der Waals surface area contributed by atoms with Gasteiger partial charge >= 0.3 is 11.9 Å². The molecule has 4 N–H and O–H groups in total. The van der Waals surface area contributed by atoms with Crippen LogP contribution >= 0.6 is 0 Å². The largest absolute Gasteiger partial charge is 0.481 e. The molecule has 0 bridgehead atoms. The third-order valence-electron chi connectivity index (χ3n) is 3.23. The van der Waals surface area contributed by atoms with Crippen molar-refractivity contribution in [2.45, 2.75) is 18.4 Å². The molecule has 0 aromatic carbocycles. The number of carbonyl (C=O) groups is 2. The van der Waals surface area contributed by atoms with Crippen LogP contribution in [0.2, 0.25) is 0 Å². The number of nitrogens with two attached hydrogens (primary N) is 1. The van der Waals surface area contributed by atoms with E-state index in [-0.39, 0.29) is 12.0 Å². The topological polar surface area (TPSA) is 101 Å². The summed E-state index contributed by atoms with van der Waals surface area (Å²) in [5, 5.41) is 18.4. The second kappa shape index (κ2) is 5.67. The Morgan fingerprint density at radius 3 is 2.37 bits per heavy atom. The number of carboxylic acids is 2. The number of aliphatic carboxylic acids is 2. The molecule has 0 aromatic rings. The van der Waals surface area contributed by atoms with E-state index in [1.54, 1.807) is 12.2 Å². The molecule has 2 atom stereocenters. The lowest BCUT2D eigenvalue weighted by Crippen LogP contribution is -2.54. The Bertz CT molecular complexity index is 490. The highest BCUT2D eigenvalue weighted by Crippen LogP contribution is 2.38. The van der Waals surface area contributed by atoms with Gasteiger partial charge in [-0.2, -0.15) is 0 Å². The van der Waals surface area contributed by atoms with Crippen LogP contribution in [0.1, 0.15) is 12.8 Å². The molecular formula is C14H17NO4. The maximum atomic E-state index is 11.4. The first-order valence-corrected chi connectivity index (χ1v) is 5.76. The molecule has 5 heteroatoms. The Morgan fingerprint density at radius 2 is 1.95 bits per heavy atom. The molecule has 0 saturated carbocycles. The highest BCUT2D eigenvalue weighted by atomic mass is 16.4. The Kier molecular flexibility index (Phi) is 4.45. The van der Waals surface area contributed by atoms with E-state index in [9.17, 15) is 14.7 Å². The minimum atomic E-state index is -1.30. The van der Waals surface area contributed by atoms with Crippen LogP contribution in [0, 0.1) is 5.92 Å². The third-order valence-corrected chi connectivity index (χ3v) is 3.23. The van der Waals surface area contributed by atoms with Crippen molar-refractivity contribution in [3.05, 3.63) is 48.6 Å². The molecule has 1 rings (SSSR count). The van der Waals surface area contributed by atoms with Crippen molar-refractivity contribution in [2.24, 2.45) is 11.7 Å². The average molecular weight is 263 g/mol. The summed E-state index contributed by atoms with van der Waals surface area (Å²) in [4.78, 5) is 22.6. The van der Waals surface area contributed by atoms with Crippen molar-refractivity contribution in [1.82, 2.24) is 0 Å². The predicted octanol–water partition coefficient (Wildman–Crippen LogP) is 1.49. The number of hydrogen-bond acceptors (Lipinski definition) is 3. The number of rotatable bonds is 6. The molecule has 0 heterocycles. The van der Waals surface area contributed by atoms with E-state index in [1.807, 2.05) is 0 Å². The lowest BCUT2D eigenvalue weighted by Gasteiger charge is -2.39. The summed E-state index contributed by atoms with van der Waals surface area (Å²) >= 11 is 0. The first kappa shape index (κ1) is 14.9. The molecule has 0 aliphatic heterocycles. The van der Waals surface area contributed by atoms with Gasteiger partial charge < -0.3 is 15.9 Å². The molecule has 0 amide bonds. The van der Waals surface area contributed by atoms with E-state index in [2.05, 4.69) is 13.2 Å². The van der Waals surface area contributed by atoms with Crippen LogP contribution in [0.5, 0.6) is 0 Å². The highest BCUT2D eigenvalue weighted by molar-refractivity contribution is 5.96. The molecule has 19 heavy (non-hydrogen) atoms. The zero-order valence-corrected chi connectivity index (χ0v) is 10.5. The van der Waals surface area contributed by atoms with Gasteiger partial charge in [0.1, 0.15) is 5.92 Å². The fourth-order valence-electron chi connectivity index (χ4n) is 2.35. The van der Waals surface area contributed by atoms with Crippen LogP contribution in [0.3, 0.4) is 0 Å². The first-order chi connectivity index (χ1) is 8.88. The molecule has 2 unspecified atom stereocenters. The second-order valence-electron chi connectivity index (χ2n) is 4.42. The predicted molar refractivity (Wildman–Crippen MR) is 71.5 cm³/mol. The standard InChI is InChI=1S/C14H17NO4/c1-3-5-9-6-7-10(12(16)17)11(13(18)19)14(9,15)8-4-2/h3-4,6-7,11H,1-2,5,8,15H2,(H,16,17)(H,18,19). The van der Waals surface area contributed by atoms with Crippen molar-refractivity contribution < 1.29 is 19.8 Å². The van der Waals surface area contributed by atoms with Gasteiger partial charge in [-0.25, -0.2) is 4.79 Å². The van der Waals surface area contributed by atoms with Gasteiger partial charge in [-0.15, -0.1) is 13.2 Å². The van der Waals surface area contributed by atoms with Crippen LogP contribution in [-0.4, -0.2) is 27.7 Å². The third kappa shape index (κ3) is 2.66. The average Bonchev–Trinajstić information content (AvgIpc) is 2.31. The first-order valence-electron chi connectivity index (χ1n) is 5.76. The normalized spacial score (nSPS) is 26.1. The maximum Gasteiger partial charge on any atom is 0.332 e. The minimum absolute atomic E-state index is 0.175. The van der Waals surface area contributed by atoms with Gasteiger partial charge in [0, 0.05) is 0 Å². The summed E-state index contributed by atoms with van der Waals surface area (Å²) in [6.07, 6.45) is 6.54. The van der Waals surface area contributed by atoms with Crippen LogP contribution in [0.25, 0.3) is 0 Å². The van der Waals surface area contributed by atoms with Gasteiger partial charge in [0.05, 0.1) is 11.1 Å². The second-order valence-corrected chi connectivity index (χ2v) is 4.42. The fraction of sp³-hybridized carbons (Fsp3) is 0.286. The van der Waals surface area contributed by atoms with Crippen molar-refractivity contribution in [3.8, 4) is 0 Å².